The van der Waals surface area contributed by atoms with E-state index in [9.17, 15) is 18.0 Å². The number of unbranched alkanes of at least 4 members (excludes halogenated alkanes) is 1. The summed E-state index contributed by atoms with van der Waals surface area (Å²) in [6.45, 7) is 2.41. The Kier molecular flexibility index (Phi) is 3.68. The van der Waals surface area contributed by atoms with Gasteiger partial charge in [0.05, 0.1) is 31.1 Å². The van der Waals surface area contributed by atoms with Gasteiger partial charge in [0.15, 0.2) is 0 Å². The van der Waals surface area contributed by atoms with E-state index in [2.05, 4.69) is 9.97 Å². The first-order valence-electron chi connectivity index (χ1n) is 5.98. The van der Waals surface area contributed by atoms with Crippen molar-refractivity contribution in [2.75, 3.05) is 6.61 Å². The molecule has 106 valence electrons. The summed E-state index contributed by atoms with van der Waals surface area (Å²) in [6, 6.07) is 0. The van der Waals surface area contributed by atoms with E-state index in [-0.39, 0.29) is 18.8 Å². The predicted molar refractivity (Wildman–Crippen MR) is 59.1 cm³/mol. The van der Waals surface area contributed by atoms with Crippen molar-refractivity contribution < 1.29 is 22.7 Å². The van der Waals surface area contributed by atoms with E-state index in [1.807, 2.05) is 6.92 Å². The van der Waals surface area contributed by atoms with Crippen LogP contribution in [0.2, 0.25) is 0 Å². The minimum atomic E-state index is -4.49. The zero-order valence-corrected chi connectivity index (χ0v) is 10.4. The SMILES string of the molecule is CCCCOC(=O)N1Cc2nc(C(F)(F)F)[nH]c2C1. The van der Waals surface area contributed by atoms with Gasteiger partial charge in [-0.1, -0.05) is 13.3 Å². The van der Waals surface area contributed by atoms with Crippen LogP contribution in [0.25, 0.3) is 0 Å². The van der Waals surface area contributed by atoms with Crippen LogP contribution in [0, 0.1) is 0 Å². The first-order valence-corrected chi connectivity index (χ1v) is 5.98. The van der Waals surface area contributed by atoms with E-state index in [1.54, 1.807) is 0 Å². The summed E-state index contributed by atoms with van der Waals surface area (Å²) in [4.78, 5) is 18.6. The maximum Gasteiger partial charge on any atom is 0.449 e. The van der Waals surface area contributed by atoms with Crippen molar-refractivity contribution in [3.63, 3.8) is 0 Å². The summed E-state index contributed by atoms with van der Waals surface area (Å²) in [7, 11) is 0. The third-order valence-corrected chi connectivity index (χ3v) is 2.80. The molecule has 0 saturated carbocycles. The lowest BCUT2D eigenvalue weighted by Crippen LogP contribution is -2.27. The van der Waals surface area contributed by atoms with Gasteiger partial charge in [0.25, 0.3) is 0 Å². The second kappa shape index (κ2) is 5.10. The Bertz CT molecular complexity index is 447. The Labute approximate surface area is 107 Å². The number of H-pyrrole nitrogens is 1. The van der Waals surface area contributed by atoms with Crippen molar-refractivity contribution in [3.05, 3.63) is 17.2 Å². The average molecular weight is 277 g/mol. The number of hydrogen-bond donors (Lipinski definition) is 1. The highest BCUT2D eigenvalue weighted by molar-refractivity contribution is 5.68. The van der Waals surface area contributed by atoms with E-state index < -0.39 is 18.1 Å². The minimum absolute atomic E-state index is 0.0485. The van der Waals surface area contributed by atoms with Gasteiger partial charge in [-0.2, -0.15) is 13.2 Å². The molecule has 5 nitrogen and oxygen atoms in total. The molecule has 0 aromatic carbocycles. The summed E-state index contributed by atoms with van der Waals surface area (Å²) in [5.74, 6) is -1.02. The molecule has 0 aliphatic carbocycles. The van der Waals surface area contributed by atoms with Crippen molar-refractivity contribution >= 4 is 6.09 Å². The van der Waals surface area contributed by atoms with Gasteiger partial charge in [0, 0.05) is 0 Å². The van der Waals surface area contributed by atoms with E-state index in [1.165, 1.54) is 4.90 Å². The number of aromatic nitrogens is 2. The molecule has 8 heteroatoms. The standard InChI is InChI=1S/C11H14F3N3O2/c1-2-3-4-19-10(18)17-5-7-8(6-17)16-9(15-7)11(12,13)14/h2-6H2,1H3,(H,15,16). The van der Waals surface area contributed by atoms with Crippen LogP contribution >= 0.6 is 0 Å². The maximum absolute atomic E-state index is 12.4. The van der Waals surface area contributed by atoms with Gasteiger partial charge in [-0.05, 0) is 6.42 Å². The molecule has 0 spiro atoms. The number of nitrogens with one attached hydrogen (secondary N) is 1. The zero-order valence-electron chi connectivity index (χ0n) is 10.4. The third kappa shape index (κ3) is 2.99. The number of ether oxygens (including phenoxy) is 1. The number of fused-ring (bicyclic) bond motifs is 1. The number of imidazole rings is 1. The Morgan fingerprint density at radius 1 is 1.47 bits per heavy atom. The molecular weight excluding hydrogens is 263 g/mol. The fourth-order valence-electron chi connectivity index (χ4n) is 1.79. The minimum Gasteiger partial charge on any atom is -0.449 e. The number of carbonyl (C=O) groups excluding carboxylic acids is 1. The predicted octanol–water partition coefficient (Wildman–Crippen LogP) is 2.68. The van der Waals surface area contributed by atoms with Crippen LogP contribution in [0.5, 0.6) is 0 Å². The van der Waals surface area contributed by atoms with Crippen molar-refractivity contribution in [1.82, 2.24) is 14.9 Å². The molecule has 1 amide bonds. The number of nitrogens with zero attached hydrogens (tertiary/aromatic N) is 2. The van der Waals surface area contributed by atoms with Gasteiger partial charge >= 0.3 is 12.3 Å². The summed E-state index contributed by atoms with van der Waals surface area (Å²) in [5.41, 5.74) is 0.569. The molecule has 2 rings (SSSR count). The molecule has 0 saturated heterocycles. The smallest absolute Gasteiger partial charge is 0.449 e. The number of carbonyl (C=O) groups is 1. The van der Waals surface area contributed by atoms with Crippen molar-refractivity contribution in [3.8, 4) is 0 Å². The van der Waals surface area contributed by atoms with E-state index in [0.29, 0.717) is 12.3 Å². The van der Waals surface area contributed by atoms with Gasteiger partial charge in [-0.3, -0.25) is 4.90 Å². The van der Waals surface area contributed by atoms with Crippen LogP contribution in [0.15, 0.2) is 0 Å². The van der Waals surface area contributed by atoms with Crippen molar-refractivity contribution in [1.29, 1.82) is 0 Å². The normalized spacial score (nSPS) is 14.6. The Morgan fingerprint density at radius 2 is 2.21 bits per heavy atom. The third-order valence-electron chi connectivity index (χ3n) is 2.80. The highest BCUT2D eigenvalue weighted by Gasteiger charge is 2.38. The van der Waals surface area contributed by atoms with Crippen LogP contribution in [0.4, 0.5) is 18.0 Å². The van der Waals surface area contributed by atoms with Gasteiger partial charge in [0.1, 0.15) is 0 Å². The van der Waals surface area contributed by atoms with E-state index >= 15 is 0 Å². The fraction of sp³-hybridized carbons (Fsp3) is 0.636. The second-order valence-corrected chi connectivity index (χ2v) is 4.33. The monoisotopic (exact) mass is 277 g/mol. The van der Waals surface area contributed by atoms with Crippen LogP contribution in [0.3, 0.4) is 0 Å². The molecule has 2 heterocycles. The van der Waals surface area contributed by atoms with Gasteiger partial charge in [-0.25, -0.2) is 9.78 Å². The largest absolute Gasteiger partial charge is 0.449 e. The maximum atomic E-state index is 12.4. The first kappa shape index (κ1) is 13.7. The number of alkyl halides is 3. The summed E-state index contributed by atoms with van der Waals surface area (Å²) < 4.78 is 42.2. The quantitative estimate of drug-likeness (QED) is 0.864. The molecular formula is C11H14F3N3O2. The highest BCUT2D eigenvalue weighted by Crippen LogP contribution is 2.30. The molecule has 1 aliphatic rings. The molecule has 0 bridgehead atoms. The Morgan fingerprint density at radius 3 is 2.79 bits per heavy atom. The molecule has 19 heavy (non-hydrogen) atoms. The summed E-state index contributed by atoms with van der Waals surface area (Å²) in [6.07, 6.45) is -3.34. The number of halogens is 3. The lowest BCUT2D eigenvalue weighted by Gasteiger charge is -2.15. The zero-order chi connectivity index (χ0) is 14.0. The number of aromatic amines is 1. The average Bonchev–Trinajstić information content (AvgIpc) is 2.85. The number of hydrogen-bond acceptors (Lipinski definition) is 3. The lowest BCUT2D eigenvalue weighted by atomic mass is 10.4. The van der Waals surface area contributed by atoms with E-state index in [4.69, 9.17) is 4.74 Å². The lowest BCUT2D eigenvalue weighted by molar-refractivity contribution is -0.144. The van der Waals surface area contributed by atoms with Crippen LogP contribution in [0.1, 0.15) is 37.0 Å². The van der Waals surface area contributed by atoms with Crippen LogP contribution in [-0.4, -0.2) is 27.6 Å². The first-order chi connectivity index (χ1) is 8.91. The molecule has 0 atom stereocenters. The van der Waals surface area contributed by atoms with Gasteiger partial charge in [-0.15, -0.1) is 0 Å². The summed E-state index contributed by atoms with van der Waals surface area (Å²) in [5, 5.41) is 0. The Balaban J connectivity index is 1.94. The van der Waals surface area contributed by atoms with Crippen molar-refractivity contribution in [2.45, 2.75) is 39.0 Å². The Hall–Kier alpha value is -1.73. The van der Waals surface area contributed by atoms with Gasteiger partial charge < -0.3 is 9.72 Å². The van der Waals surface area contributed by atoms with Gasteiger partial charge in [0.2, 0.25) is 5.82 Å². The second-order valence-electron chi connectivity index (χ2n) is 4.33. The molecule has 0 fully saturated rings. The molecule has 1 N–H and O–H groups in total. The topological polar surface area (TPSA) is 58.2 Å². The highest BCUT2D eigenvalue weighted by atomic mass is 19.4. The van der Waals surface area contributed by atoms with Crippen LogP contribution < -0.4 is 0 Å². The molecule has 1 aromatic heterocycles. The van der Waals surface area contributed by atoms with E-state index in [0.717, 1.165) is 12.8 Å². The molecule has 0 unspecified atom stereocenters. The van der Waals surface area contributed by atoms with Crippen molar-refractivity contribution in [2.24, 2.45) is 0 Å². The fourth-order valence-corrected chi connectivity index (χ4v) is 1.79. The summed E-state index contributed by atoms with van der Waals surface area (Å²) >= 11 is 0. The molecule has 0 radical (unpaired) electrons. The van der Waals surface area contributed by atoms with Crippen LogP contribution in [-0.2, 0) is 24.0 Å². The molecule has 1 aliphatic heterocycles. The molecule has 1 aromatic rings. The number of rotatable bonds is 3. The number of amides is 1.